The molecule has 0 aromatic rings. The summed E-state index contributed by atoms with van der Waals surface area (Å²) in [6, 6.07) is 0. The Morgan fingerprint density at radius 3 is 2.65 bits per heavy atom. The van der Waals surface area contributed by atoms with E-state index in [2.05, 4.69) is 0 Å². The van der Waals surface area contributed by atoms with Crippen LogP contribution in [0.4, 0.5) is 13.2 Å². The van der Waals surface area contributed by atoms with E-state index in [-0.39, 0.29) is 32.0 Å². The molecule has 0 unspecified atom stereocenters. The molecule has 0 saturated carbocycles. The molecule has 2 aliphatic heterocycles. The van der Waals surface area contributed by atoms with Gasteiger partial charge in [-0.2, -0.15) is 13.2 Å². The predicted molar refractivity (Wildman–Crippen MR) is 60.9 cm³/mol. The Hall–Kier alpha value is -1.31. The van der Waals surface area contributed by atoms with E-state index in [0.29, 0.717) is 6.61 Å². The van der Waals surface area contributed by atoms with Gasteiger partial charge >= 0.3 is 12.1 Å². The number of halogens is 3. The Bertz CT molecular complexity index is 412. The molecule has 2 heterocycles. The third-order valence-corrected chi connectivity index (χ3v) is 4.11. The second-order valence-corrected chi connectivity index (χ2v) is 5.37. The average Bonchev–Trinajstić information content (AvgIpc) is 2.75. The smallest absolute Gasteiger partial charge is 0.389 e. The van der Waals surface area contributed by atoms with Crippen LogP contribution < -0.4 is 0 Å². The van der Waals surface area contributed by atoms with Crippen molar-refractivity contribution in [1.29, 1.82) is 0 Å². The van der Waals surface area contributed by atoms with Crippen LogP contribution in [0.15, 0.2) is 0 Å². The van der Waals surface area contributed by atoms with Crippen LogP contribution in [0.1, 0.15) is 19.3 Å². The first-order valence-electron chi connectivity index (χ1n) is 6.40. The number of hydrogen-bond donors (Lipinski definition) is 1. The zero-order chi connectivity index (χ0) is 15.0. The molecule has 20 heavy (non-hydrogen) atoms. The monoisotopic (exact) mass is 295 g/mol. The minimum absolute atomic E-state index is 0.0208. The number of nitrogens with zero attached hydrogens (tertiary/aromatic N) is 1. The van der Waals surface area contributed by atoms with Crippen molar-refractivity contribution in [3.8, 4) is 0 Å². The number of carbonyl (C=O) groups excluding carboxylic acids is 1. The van der Waals surface area contributed by atoms with Crippen LogP contribution in [0.3, 0.4) is 0 Å². The average molecular weight is 295 g/mol. The van der Waals surface area contributed by atoms with Gasteiger partial charge in [0, 0.05) is 32.0 Å². The van der Waals surface area contributed by atoms with Gasteiger partial charge in [0.2, 0.25) is 5.91 Å². The summed E-state index contributed by atoms with van der Waals surface area (Å²) in [5.41, 5.74) is -1.06. The highest BCUT2D eigenvalue weighted by molar-refractivity contribution is 5.81. The molecular formula is C12H16F3NO4. The summed E-state index contributed by atoms with van der Waals surface area (Å²) >= 11 is 0. The molecule has 1 amide bonds. The van der Waals surface area contributed by atoms with Crippen LogP contribution in [0.2, 0.25) is 0 Å². The Balaban J connectivity index is 2.02. The molecule has 0 spiro atoms. The Labute approximate surface area is 113 Å². The lowest BCUT2D eigenvalue weighted by atomic mass is 9.74. The van der Waals surface area contributed by atoms with E-state index in [1.165, 1.54) is 4.90 Å². The number of likely N-dealkylation sites (tertiary alicyclic amines) is 1. The van der Waals surface area contributed by atoms with Crippen molar-refractivity contribution in [2.45, 2.75) is 25.4 Å². The van der Waals surface area contributed by atoms with Gasteiger partial charge in [-0.3, -0.25) is 9.59 Å². The van der Waals surface area contributed by atoms with Gasteiger partial charge in [0.05, 0.1) is 18.4 Å². The van der Waals surface area contributed by atoms with Crippen LogP contribution in [-0.4, -0.2) is 54.4 Å². The van der Waals surface area contributed by atoms with Gasteiger partial charge in [-0.05, 0) is 6.42 Å². The summed E-state index contributed by atoms with van der Waals surface area (Å²) in [7, 11) is 0. The summed E-state index contributed by atoms with van der Waals surface area (Å²) in [5.74, 6) is -1.99. The van der Waals surface area contributed by atoms with E-state index in [0.717, 1.165) is 0 Å². The molecule has 2 saturated heterocycles. The maximum atomic E-state index is 12.1. The van der Waals surface area contributed by atoms with Crippen molar-refractivity contribution in [1.82, 2.24) is 4.90 Å². The van der Waals surface area contributed by atoms with Gasteiger partial charge in [0.1, 0.15) is 0 Å². The van der Waals surface area contributed by atoms with Crippen LogP contribution >= 0.6 is 0 Å². The fraction of sp³-hybridized carbons (Fsp3) is 0.833. The molecule has 0 aromatic carbocycles. The fourth-order valence-corrected chi connectivity index (χ4v) is 2.90. The lowest BCUT2D eigenvalue weighted by Gasteiger charge is -2.33. The van der Waals surface area contributed by atoms with E-state index in [1.807, 2.05) is 0 Å². The summed E-state index contributed by atoms with van der Waals surface area (Å²) in [6.45, 7) is 0.665. The Kier molecular flexibility index (Phi) is 3.95. The van der Waals surface area contributed by atoms with Crippen molar-refractivity contribution in [3.05, 3.63) is 0 Å². The molecule has 0 aliphatic carbocycles. The molecular weight excluding hydrogens is 279 g/mol. The number of carboxylic acid groups (broad SMARTS) is 1. The van der Waals surface area contributed by atoms with E-state index in [4.69, 9.17) is 4.74 Å². The SMILES string of the molecule is O=C(CCC(F)(F)F)N1C[C@H]2COCC[C@@]2(C(=O)O)C1. The first-order valence-corrected chi connectivity index (χ1v) is 6.40. The molecule has 2 fully saturated rings. The highest BCUT2D eigenvalue weighted by Gasteiger charge is 2.54. The fourth-order valence-electron chi connectivity index (χ4n) is 2.90. The van der Waals surface area contributed by atoms with Crippen LogP contribution in [0.5, 0.6) is 0 Å². The normalized spacial score (nSPS) is 30.1. The third-order valence-electron chi connectivity index (χ3n) is 4.11. The lowest BCUT2D eigenvalue weighted by Crippen LogP contribution is -2.45. The number of ether oxygens (including phenoxy) is 1. The molecule has 2 aliphatic rings. The van der Waals surface area contributed by atoms with Crippen LogP contribution in [-0.2, 0) is 14.3 Å². The summed E-state index contributed by atoms with van der Waals surface area (Å²) in [5, 5.41) is 9.38. The second-order valence-electron chi connectivity index (χ2n) is 5.37. The number of alkyl halides is 3. The molecule has 114 valence electrons. The molecule has 2 rings (SSSR count). The molecule has 5 nitrogen and oxygen atoms in total. The number of hydrogen-bond acceptors (Lipinski definition) is 3. The van der Waals surface area contributed by atoms with E-state index < -0.39 is 36.3 Å². The predicted octanol–water partition coefficient (Wildman–Crippen LogP) is 1.28. The maximum Gasteiger partial charge on any atom is 0.389 e. The van der Waals surface area contributed by atoms with Crippen molar-refractivity contribution in [2.75, 3.05) is 26.3 Å². The topological polar surface area (TPSA) is 66.8 Å². The van der Waals surface area contributed by atoms with E-state index in [9.17, 15) is 27.9 Å². The molecule has 8 heteroatoms. The van der Waals surface area contributed by atoms with Gasteiger partial charge in [-0.25, -0.2) is 0 Å². The highest BCUT2D eigenvalue weighted by Crippen LogP contribution is 2.42. The van der Waals surface area contributed by atoms with Crippen molar-refractivity contribution in [3.63, 3.8) is 0 Å². The van der Waals surface area contributed by atoms with Crippen LogP contribution in [0, 0.1) is 11.3 Å². The Morgan fingerprint density at radius 2 is 2.10 bits per heavy atom. The standard InChI is InChI=1S/C12H16F3NO4/c13-12(14,15)2-1-9(17)16-5-8-6-20-4-3-11(8,7-16)10(18)19/h8H,1-7H2,(H,18,19)/t8-,11+/m0/s1. The van der Waals surface area contributed by atoms with E-state index >= 15 is 0 Å². The van der Waals surface area contributed by atoms with Gasteiger partial charge in [0.25, 0.3) is 0 Å². The van der Waals surface area contributed by atoms with Crippen LogP contribution in [0.25, 0.3) is 0 Å². The number of fused-ring (bicyclic) bond motifs is 1. The number of amides is 1. The van der Waals surface area contributed by atoms with E-state index in [1.54, 1.807) is 0 Å². The van der Waals surface area contributed by atoms with Crippen molar-refractivity contribution in [2.24, 2.45) is 11.3 Å². The molecule has 1 N–H and O–H groups in total. The van der Waals surface area contributed by atoms with Crippen molar-refractivity contribution < 1.29 is 32.6 Å². The third kappa shape index (κ3) is 2.89. The zero-order valence-electron chi connectivity index (χ0n) is 10.8. The number of carbonyl (C=O) groups is 2. The zero-order valence-corrected chi connectivity index (χ0v) is 10.8. The highest BCUT2D eigenvalue weighted by atomic mass is 19.4. The number of carboxylic acids is 1. The first-order chi connectivity index (χ1) is 9.24. The minimum atomic E-state index is -4.38. The number of rotatable bonds is 3. The summed E-state index contributed by atoms with van der Waals surface area (Å²) in [4.78, 5) is 24.5. The summed E-state index contributed by atoms with van der Waals surface area (Å²) < 4.78 is 41.6. The largest absolute Gasteiger partial charge is 0.481 e. The second kappa shape index (κ2) is 5.23. The van der Waals surface area contributed by atoms with Gasteiger partial charge in [0.15, 0.2) is 0 Å². The number of aliphatic carboxylic acids is 1. The lowest BCUT2D eigenvalue weighted by molar-refractivity contribution is -0.158. The minimum Gasteiger partial charge on any atom is -0.481 e. The maximum absolute atomic E-state index is 12.1. The van der Waals surface area contributed by atoms with Crippen molar-refractivity contribution >= 4 is 11.9 Å². The molecule has 2 atom stereocenters. The Morgan fingerprint density at radius 1 is 1.40 bits per heavy atom. The van der Waals surface area contributed by atoms with Gasteiger partial charge in [-0.15, -0.1) is 0 Å². The van der Waals surface area contributed by atoms with Gasteiger partial charge < -0.3 is 14.7 Å². The molecule has 0 aromatic heterocycles. The van der Waals surface area contributed by atoms with Gasteiger partial charge in [-0.1, -0.05) is 0 Å². The quantitative estimate of drug-likeness (QED) is 0.851. The summed E-state index contributed by atoms with van der Waals surface area (Å²) in [6.07, 6.45) is -5.90. The first kappa shape index (κ1) is 15.1. The molecule has 0 bridgehead atoms. The molecule has 0 radical (unpaired) electrons.